The van der Waals surface area contributed by atoms with Gasteiger partial charge in [-0.15, -0.1) is 0 Å². The first kappa shape index (κ1) is 11.5. The van der Waals surface area contributed by atoms with Crippen molar-refractivity contribution in [3.05, 3.63) is 0 Å². The number of rotatable bonds is 5. The fourth-order valence-electron chi connectivity index (χ4n) is 1.65. The summed E-state index contributed by atoms with van der Waals surface area (Å²) in [4.78, 5) is 11.2. The predicted molar refractivity (Wildman–Crippen MR) is 56.2 cm³/mol. The molecule has 2 atom stereocenters. The maximum absolute atomic E-state index is 11.2. The second kappa shape index (κ2) is 3.89. The highest BCUT2D eigenvalue weighted by Gasteiger charge is 2.48. The number of hydrogen-bond acceptors (Lipinski definition) is 2. The molecule has 1 rings (SSSR count). The van der Waals surface area contributed by atoms with Crippen LogP contribution in [0.2, 0.25) is 0 Å². The number of carbonyl (C=O) groups is 1. The van der Waals surface area contributed by atoms with Crippen LogP contribution in [-0.2, 0) is 4.79 Å². The first-order chi connectivity index (χ1) is 6.38. The quantitative estimate of drug-likeness (QED) is 0.710. The summed E-state index contributed by atoms with van der Waals surface area (Å²) in [5.41, 5.74) is -0.719. The van der Waals surface area contributed by atoms with Crippen LogP contribution >= 0.6 is 0 Å². The van der Waals surface area contributed by atoms with Crippen molar-refractivity contribution < 1.29 is 9.90 Å². The van der Waals surface area contributed by atoms with E-state index in [-0.39, 0.29) is 6.04 Å². The Morgan fingerprint density at radius 2 is 1.93 bits per heavy atom. The van der Waals surface area contributed by atoms with Crippen molar-refractivity contribution in [1.82, 2.24) is 5.32 Å². The third kappa shape index (κ3) is 2.27. The first-order valence-corrected chi connectivity index (χ1v) is 5.39. The topological polar surface area (TPSA) is 49.3 Å². The summed E-state index contributed by atoms with van der Waals surface area (Å²) in [5, 5.41) is 12.5. The van der Waals surface area contributed by atoms with Crippen LogP contribution in [0.1, 0.15) is 40.5 Å². The fraction of sp³-hybridized carbons (Fsp3) is 0.909. The van der Waals surface area contributed by atoms with Crippen molar-refractivity contribution >= 4 is 5.97 Å². The highest BCUT2D eigenvalue weighted by Crippen LogP contribution is 2.40. The molecule has 3 heteroatoms. The third-order valence-corrected chi connectivity index (χ3v) is 3.37. The number of hydrogen-bond donors (Lipinski definition) is 2. The lowest BCUT2D eigenvalue weighted by Gasteiger charge is -2.31. The van der Waals surface area contributed by atoms with Gasteiger partial charge in [0.05, 0.1) is 0 Å². The summed E-state index contributed by atoms with van der Waals surface area (Å²) in [5.74, 6) is 0.0705. The Morgan fingerprint density at radius 1 is 1.43 bits per heavy atom. The van der Waals surface area contributed by atoms with E-state index in [4.69, 9.17) is 0 Å². The molecule has 0 aromatic rings. The zero-order chi connectivity index (χ0) is 10.9. The number of aliphatic carboxylic acids is 1. The molecule has 0 amide bonds. The van der Waals surface area contributed by atoms with Gasteiger partial charge in [0.15, 0.2) is 0 Å². The van der Waals surface area contributed by atoms with Gasteiger partial charge >= 0.3 is 5.97 Å². The molecule has 14 heavy (non-hydrogen) atoms. The first-order valence-electron chi connectivity index (χ1n) is 5.39. The van der Waals surface area contributed by atoms with Gasteiger partial charge in [-0.1, -0.05) is 13.8 Å². The zero-order valence-electron chi connectivity index (χ0n) is 9.50. The molecule has 1 aliphatic carbocycles. The molecule has 0 spiro atoms. The van der Waals surface area contributed by atoms with E-state index in [0.29, 0.717) is 11.8 Å². The fourth-order valence-corrected chi connectivity index (χ4v) is 1.65. The summed E-state index contributed by atoms with van der Waals surface area (Å²) in [6.07, 6.45) is 2.08. The molecule has 0 heterocycles. The number of nitrogens with one attached hydrogen (secondary N) is 1. The zero-order valence-corrected chi connectivity index (χ0v) is 9.50. The Labute approximate surface area is 85.9 Å². The van der Waals surface area contributed by atoms with Crippen molar-refractivity contribution in [3.8, 4) is 0 Å². The molecule has 1 aliphatic rings. The van der Waals surface area contributed by atoms with E-state index in [1.54, 1.807) is 0 Å². The van der Waals surface area contributed by atoms with Crippen molar-refractivity contribution in [1.29, 1.82) is 0 Å². The van der Waals surface area contributed by atoms with E-state index >= 15 is 0 Å². The molecular weight excluding hydrogens is 178 g/mol. The van der Waals surface area contributed by atoms with Gasteiger partial charge in [-0.05, 0) is 38.5 Å². The van der Waals surface area contributed by atoms with E-state index in [1.165, 1.54) is 0 Å². The molecule has 2 N–H and O–H groups in total. The Morgan fingerprint density at radius 3 is 2.21 bits per heavy atom. The average Bonchev–Trinajstić information content (AvgIpc) is 2.85. The summed E-state index contributed by atoms with van der Waals surface area (Å²) < 4.78 is 0. The van der Waals surface area contributed by atoms with Gasteiger partial charge in [0.25, 0.3) is 0 Å². The maximum atomic E-state index is 11.2. The van der Waals surface area contributed by atoms with Crippen LogP contribution in [0.25, 0.3) is 0 Å². The highest BCUT2D eigenvalue weighted by atomic mass is 16.4. The second-order valence-electron chi connectivity index (χ2n) is 4.96. The van der Waals surface area contributed by atoms with Crippen LogP contribution in [0.5, 0.6) is 0 Å². The van der Waals surface area contributed by atoms with E-state index in [1.807, 2.05) is 13.8 Å². The average molecular weight is 199 g/mol. The summed E-state index contributed by atoms with van der Waals surface area (Å²) in [6, 6.07) is 0.247. The van der Waals surface area contributed by atoms with Gasteiger partial charge in [-0.3, -0.25) is 10.1 Å². The van der Waals surface area contributed by atoms with Crippen LogP contribution < -0.4 is 5.32 Å². The Bertz CT molecular complexity index is 223. The van der Waals surface area contributed by atoms with Crippen molar-refractivity contribution in [2.24, 2.45) is 11.8 Å². The minimum Gasteiger partial charge on any atom is -0.480 e. The number of carboxylic acid groups (broad SMARTS) is 1. The predicted octanol–water partition coefficient (Wildman–Crippen LogP) is 1.87. The van der Waals surface area contributed by atoms with Crippen LogP contribution in [0.15, 0.2) is 0 Å². The van der Waals surface area contributed by atoms with Gasteiger partial charge in [-0.2, -0.15) is 0 Å². The van der Waals surface area contributed by atoms with Gasteiger partial charge in [0, 0.05) is 6.04 Å². The van der Waals surface area contributed by atoms with Crippen LogP contribution in [0.4, 0.5) is 0 Å². The van der Waals surface area contributed by atoms with Crippen LogP contribution in [-0.4, -0.2) is 22.7 Å². The van der Waals surface area contributed by atoms with Gasteiger partial charge in [0.1, 0.15) is 5.54 Å². The molecule has 0 aliphatic heterocycles. The van der Waals surface area contributed by atoms with Gasteiger partial charge < -0.3 is 5.11 Å². The van der Waals surface area contributed by atoms with E-state index in [2.05, 4.69) is 19.2 Å². The Kier molecular flexibility index (Phi) is 3.20. The molecule has 82 valence electrons. The normalized spacial score (nSPS) is 23.2. The molecule has 0 radical (unpaired) electrons. The van der Waals surface area contributed by atoms with Gasteiger partial charge in [-0.25, -0.2) is 0 Å². The van der Waals surface area contributed by atoms with E-state index < -0.39 is 11.5 Å². The molecule has 3 nitrogen and oxygen atoms in total. The largest absolute Gasteiger partial charge is 0.480 e. The summed E-state index contributed by atoms with van der Waals surface area (Å²) in [7, 11) is 0. The van der Waals surface area contributed by atoms with Crippen LogP contribution in [0, 0.1) is 11.8 Å². The van der Waals surface area contributed by atoms with Crippen molar-refractivity contribution in [3.63, 3.8) is 0 Å². The van der Waals surface area contributed by atoms with Crippen LogP contribution in [0.3, 0.4) is 0 Å². The molecule has 0 bridgehead atoms. The molecule has 0 saturated heterocycles. The highest BCUT2D eigenvalue weighted by molar-refractivity contribution is 5.79. The SMILES string of the molecule is CC(C)C(C)NC(C)(C(=O)O)C1CC1. The van der Waals surface area contributed by atoms with E-state index in [0.717, 1.165) is 12.8 Å². The van der Waals surface area contributed by atoms with E-state index in [9.17, 15) is 9.90 Å². The summed E-state index contributed by atoms with van der Waals surface area (Å²) in [6.45, 7) is 8.07. The third-order valence-electron chi connectivity index (χ3n) is 3.37. The smallest absolute Gasteiger partial charge is 0.323 e. The molecule has 1 saturated carbocycles. The lowest BCUT2D eigenvalue weighted by molar-refractivity contribution is -0.145. The summed E-state index contributed by atoms with van der Waals surface area (Å²) >= 11 is 0. The minimum atomic E-state index is -0.719. The van der Waals surface area contributed by atoms with Crippen molar-refractivity contribution in [2.45, 2.75) is 52.1 Å². The standard InChI is InChI=1S/C11H21NO2/c1-7(2)8(3)12-11(4,10(13)14)9-5-6-9/h7-9,12H,5-6H2,1-4H3,(H,13,14). The molecular formula is C11H21NO2. The second-order valence-corrected chi connectivity index (χ2v) is 4.96. The van der Waals surface area contributed by atoms with Crippen molar-refractivity contribution in [2.75, 3.05) is 0 Å². The number of carboxylic acids is 1. The minimum absolute atomic E-state index is 0.247. The molecule has 0 aromatic carbocycles. The Balaban J connectivity index is 2.64. The maximum Gasteiger partial charge on any atom is 0.323 e. The Hall–Kier alpha value is -0.570. The van der Waals surface area contributed by atoms with Gasteiger partial charge in [0.2, 0.25) is 0 Å². The molecule has 2 unspecified atom stereocenters. The lowest BCUT2D eigenvalue weighted by atomic mass is 9.92. The molecule has 0 aromatic heterocycles. The monoisotopic (exact) mass is 199 g/mol. The lowest BCUT2D eigenvalue weighted by Crippen LogP contribution is -2.56. The molecule has 1 fully saturated rings.